The molecule has 0 bridgehead atoms. The average Bonchev–Trinajstić information content (AvgIpc) is 3.15. The Morgan fingerprint density at radius 1 is 1.15 bits per heavy atom. The smallest absolute Gasteiger partial charge is 0.160 e. The van der Waals surface area contributed by atoms with Gasteiger partial charge in [-0.15, -0.1) is 0 Å². The molecule has 2 aromatic carbocycles. The molecule has 0 spiro atoms. The maximum Gasteiger partial charge on any atom is 0.160 e. The summed E-state index contributed by atoms with van der Waals surface area (Å²) < 4.78 is 13.1. The van der Waals surface area contributed by atoms with Crippen molar-refractivity contribution < 1.29 is 14.6 Å². The van der Waals surface area contributed by atoms with E-state index in [1.807, 2.05) is 24.1 Å². The Bertz CT molecular complexity index is 893. The molecule has 0 amide bonds. The standard InChI is InChI=1S/C22H25NO3S/c1-22(2)20-13-15-16(6-5-7-18(15)25-3)23(20)27-21(22)11-9-14-8-10-19(26-4)17(24)12-14/h5-12,20-21,24H,13H2,1-4H3. The molecule has 2 heterocycles. The van der Waals surface area contributed by atoms with Gasteiger partial charge in [-0.25, -0.2) is 0 Å². The molecule has 0 aromatic heterocycles. The van der Waals surface area contributed by atoms with Crippen LogP contribution in [-0.4, -0.2) is 30.6 Å². The Morgan fingerprint density at radius 3 is 2.63 bits per heavy atom. The molecule has 2 unspecified atom stereocenters. The van der Waals surface area contributed by atoms with Gasteiger partial charge in [-0.1, -0.05) is 38.1 Å². The summed E-state index contributed by atoms with van der Waals surface area (Å²) in [6.07, 6.45) is 5.35. The number of aromatic hydroxyl groups is 1. The zero-order valence-corrected chi connectivity index (χ0v) is 16.9. The van der Waals surface area contributed by atoms with E-state index in [2.05, 4.69) is 42.4 Å². The Balaban J connectivity index is 1.59. The number of benzene rings is 2. The molecule has 2 aliphatic heterocycles. The van der Waals surface area contributed by atoms with Crippen molar-refractivity contribution in [1.82, 2.24) is 0 Å². The van der Waals surface area contributed by atoms with Gasteiger partial charge in [0.15, 0.2) is 11.5 Å². The summed E-state index contributed by atoms with van der Waals surface area (Å²) >= 11 is 1.88. The third-order valence-electron chi connectivity index (χ3n) is 5.73. The number of fused-ring (bicyclic) bond motifs is 3. The van der Waals surface area contributed by atoms with Gasteiger partial charge in [0.05, 0.1) is 31.2 Å². The third kappa shape index (κ3) is 2.94. The summed E-state index contributed by atoms with van der Waals surface area (Å²) in [4.78, 5) is 0. The van der Waals surface area contributed by atoms with E-state index < -0.39 is 0 Å². The van der Waals surface area contributed by atoms with Crippen molar-refractivity contribution in [3.8, 4) is 17.2 Å². The van der Waals surface area contributed by atoms with Crippen LogP contribution in [-0.2, 0) is 6.42 Å². The lowest BCUT2D eigenvalue weighted by Gasteiger charge is -2.28. The van der Waals surface area contributed by atoms with Crippen LogP contribution in [0.2, 0.25) is 0 Å². The highest BCUT2D eigenvalue weighted by Gasteiger charge is 2.51. The van der Waals surface area contributed by atoms with E-state index in [4.69, 9.17) is 9.47 Å². The molecular formula is C22H25NO3S. The molecule has 27 heavy (non-hydrogen) atoms. The van der Waals surface area contributed by atoms with Gasteiger partial charge < -0.3 is 18.9 Å². The van der Waals surface area contributed by atoms with Crippen LogP contribution in [0.5, 0.6) is 17.2 Å². The fraction of sp³-hybridized carbons (Fsp3) is 0.364. The predicted octanol–water partition coefficient (Wildman–Crippen LogP) is 4.91. The minimum absolute atomic E-state index is 0.111. The van der Waals surface area contributed by atoms with Gasteiger partial charge in [-0.05, 0) is 41.8 Å². The minimum atomic E-state index is 0.111. The van der Waals surface area contributed by atoms with E-state index in [-0.39, 0.29) is 11.2 Å². The van der Waals surface area contributed by atoms with Crippen LogP contribution in [0.15, 0.2) is 42.5 Å². The van der Waals surface area contributed by atoms with Gasteiger partial charge in [-0.3, -0.25) is 0 Å². The summed E-state index contributed by atoms with van der Waals surface area (Å²) in [5.74, 6) is 1.65. The van der Waals surface area contributed by atoms with E-state index >= 15 is 0 Å². The van der Waals surface area contributed by atoms with Gasteiger partial charge in [0.2, 0.25) is 0 Å². The Hall–Kier alpha value is -2.27. The number of ether oxygens (including phenoxy) is 2. The van der Waals surface area contributed by atoms with Crippen molar-refractivity contribution >= 4 is 23.7 Å². The number of anilines is 1. The normalized spacial score (nSPS) is 22.7. The molecule has 4 nitrogen and oxygen atoms in total. The molecular weight excluding hydrogens is 358 g/mol. The first kappa shape index (κ1) is 18.1. The maximum absolute atomic E-state index is 9.99. The summed E-state index contributed by atoms with van der Waals surface area (Å²) in [6.45, 7) is 4.67. The molecule has 2 aliphatic rings. The largest absolute Gasteiger partial charge is 0.504 e. The number of phenols is 1. The quantitative estimate of drug-likeness (QED) is 0.760. The number of methoxy groups -OCH3 is 2. The highest BCUT2D eigenvalue weighted by molar-refractivity contribution is 8.01. The van der Waals surface area contributed by atoms with Crippen molar-refractivity contribution in [2.75, 3.05) is 18.5 Å². The Kier molecular flexibility index (Phi) is 4.50. The number of phenolic OH excluding ortho intramolecular Hbond substituents is 1. The zero-order valence-electron chi connectivity index (χ0n) is 16.1. The Morgan fingerprint density at radius 2 is 1.93 bits per heavy atom. The number of hydrogen-bond donors (Lipinski definition) is 1. The van der Waals surface area contributed by atoms with Crippen molar-refractivity contribution in [2.45, 2.75) is 31.6 Å². The fourth-order valence-corrected chi connectivity index (χ4v) is 5.64. The van der Waals surface area contributed by atoms with E-state index in [9.17, 15) is 5.11 Å². The van der Waals surface area contributed by atoms with Crippen LogP contribution >= 0.6 is 11.9 Å². The Labute approximate surface area is 164 Å². The summed E-state index contributed by atoms with van der Waals surface area (Å²) in [6, 6.07) is 12.2. The topological polar surface area (TPSA) is 41.9 Å². The molecule has 4 rings (SSSR count). The lowest BCUT2D eigenvalue weighted by molar-refractivity contribution is 0.327. The monoisotopic (exact) mass is 383 g/mol. The van der Waals surface area contributed by atoms with E-state index in [1.54, 1.807) is 26.4 Å². The third-order valence-corrected chi connectivity index (χ3v) is 7.40. The highest BCUT2D eigenvalue weighted by atomic mass is 32.2. The lowest BCUT2D eigenvalue weighted by atomic mass is 9.79. The molecule has 2 atom stereocenters. The van der Waals surface area contributed by atoms with Crippen molar-refractivity contribution in [2.24, 2.45) is 5.41 Å². The lowest BCUT2D eigenvalue weighted by Crippen LogP contribution is -2.36. The first-order valence-corrected chi connectivity index (χ1v) is 9.96. The van der Waals surface area contributed by atoms with Gasteiger partial charge in [0.1, 0.15) is 5.75 Å². The molecule has 0 radical (unpaired) electrons. The van der Waals surface area contributed by atoms with Crippen molar-refractivity contribution in [3.05, 3.63) is 53.6 Å². The SMILES string of the molecule is COc1ccc(C=CC2SN3c4cccc(OC)c4CC3C2(C)C)cc1O. The predicted molar refractivity (Wildman–Crippen MR) is 112 cm³/mol. The van der Waals surface area contributed by atoms with Gasteiger partial charge in [-0.2, -0.15) is 0 Å². The molecule has 142 valence electrons. The average molecular weight is 384 g/mol. The molecule has 2 aromatic rings. The second-order valence-corrected chi connectivity index (χ2v) is 8.75. The van der Waals surface area contributed by atoms with Crippen LogP contribution in [0, 0.1) is 5.41 Å². The molecule has 1 saturated heterocycles. The second kappa shape index (κ2) is 6.71. The van der Waals surface area contributed by atoms with Crippen LogP contribution in [0.3, 0.4) is 0 Å². The van der Waals surface area contributed by atoms with E-state index in [0.717, 1.165) is 17.7 Å². The summed E-state index contributed by atoms with van der Waals surface area (Å²) in [5, 5.41) is 10.3. The molecule has 0 aliphatic carbocycles. The molecule has 5 heteroatoms. The summed E-state index contributed by atoms with van der Waals surface area (Å²) in [7, 11) is 3.30. The molecule has 1 fully saturated rings. The number of rotatable bonds is 4. The van der Waals surface area contributed by atoms with E-state index in [1.165, 1.54) is 11.3 Å². The first-order valence-electron chi connectivity index (χ1n) is 9.12. The maximum atomic E-state index is 9.99. The van der Waals surface area contributed by atoms with Gasteiger partial charge >= 0.3 is 0 Å². The number of nitrogens with zero attached hydrogens (tertiary/aromatic N) is 1. The van der Waals surface area contributed by atoms with Gasteiger partial charge in [0, 0.05) is 17.4 Å². The zero-order chi connectivity index (χ0) is 19.2. The van der Waals surface area contributed by atoms with Crippen molar-refractivity contribution in [1.29, 1.82) is 0 Å². The summed E-state index contributed by atoms with van der Waals surface area (Å²) in [5.41, 5.74) is 3.67. The van der Waals surface area contributed by atoms with Crippen LogP contribution < -0.4 is 13.8 Å². The minimum Gasteiger partial charge on any atom is -0.504 e. The van der Waals surface area contributed by atoms with Crippen LogP contribution in [0.25, 0.3) is 6.08 Å². The van der Waals surface area contributed by atoms with Crippen LogP contribution in [0.1, 0.15) is 25.0 Å². The fourth-order valence-electron chi connectivity index (χ4n) is 4.04. The van der Waals surface area contributed by atoms with Crippen molar-refractivity contribution in [3.63, 3.8) is 0 Å². The highest BCUT2D eigenvalue weighted by Crippen LogP contribution is 2.56. The van der Waals surface area contributed by atoms with E-state index in [0.29, 0.717) is 17.0 Å². The van der Waals surface area contributed by atoms with Crippen LogP contribution in [0.4, 0.5) is 5.69 Å². The second-order valence-electron chi connectivity index (χ2n) is 7.64. The number of hydrogen-bond acceptors (Lipinski definition) is 5. The molecule has 0 saturated carbocycles. The first-order chi connectivity index (χ1) is 13.0. The van der Waals surface area contributed by atoms with Gasteiger partial charge in [0.25, 0.3) is 0 Å². The molecule has 1 N–H and O–H groups in total.